The van der Waals surface area contributed by atoms with E-state index in [2.05, 4.69) is 5.10 Å². The van der Waals surface area contributed by atoms with Crippen molar-refractivity contribution in [2.24, 2.45) is 5.10 Å². The number of hydrogen-bond acceptors (Lipinski definition) is 5. The molecule has 0 N–H and O–H groups in total. The molecule has 7 heteroatoms. The van der Waals surface area contributed by atoms with Crippen molar-refractivity contribution in [2.75, 3.05) is 5.01 Å². The maximum Gasteiger partial charge on any atom is 0.245 e. The molecule has 1 aromatic heterocycles. The summed E-state index contributed by atoms with van der Waals surface area (Å²) in [4.78, 5) is 29.7. The maximum absolute atomic E-state index is 12.6. The van der Waals surface area contributed by atoms with Gasteiger partial charge in [0.2, 0.25) is 11.8 Å². The molecule has 0 atom stereocenters. The quantitative estimate of drug-likeness (QED) is 0.737. The summed E-state index contributed by atoms with van der Waals surface area (Å²) in [7, 11) is 0. The van der Waals surface area contributed by atoms with Crippen LogP contribution in [0.2, 0.25) is 0 Å². The number of aryl methyl sites for hydroxylation is 1. The fourth-order valence-electron chi connectivity index (χ4n) is 3.86. The lowest BCUT2D eigenvalue weighted by Crippen LogP contribution is -2.28. The second-order valence-electron chi connectivity index (χ2n) is 7.49. The zero-order valence-corrected chi connectivity index (χ0v) is 17.3. The molecule has 0 radical (unpaired) electrons. The Morgan fingerprint density at radius 3 is 2.32 bits per heavy atom. The third-order valence-electron chi connectivity index (χ3n) is 5.31. The number of rotatable bonds is 2. The Hall–Kier alpha value is -2.41. The van der Waals surface area contributed by atoms with Gasteiger partial charge < -0.3 is 0 Å². The van der Waals surface area contributed by atoms with Gasteiger partial charge in [0.15, 0.2) is 5.82 Å². The van der Waals surface area contributed by atoms with Crippen molar-refractivity contribution in [2.45, 2.75) is 63.8 Å². The third kappa shape index (κ3) is 3.39. The molecule has 4 rings (SSSR count). The first-order chi connectivity index (χ1) is 13.5. The van der Waals surface area contributed by atoms with E-state index in [1.807, 2.05) is 31.2 Å². The molecule has 1 saturated carbocycles. The minimum Gasteiger partial charge on any atom is -0.274 e. The number of thioether (sulfide) groups is 1. The Balaban J connectivity index is 1.82. The van der Waals surface area contributed by atoms with Crippen molar-refractivity contribution in [3.63, 3.8) is 0 Å². The van der Waals surface area contributed by atoms with E-state index in [1.54, 1.807) is 11.5 Å². The summed E-state index contributed by atoms with van der Waals surface area (Å²) in [6, 6.07) is 8.01. The Morgan fingerprint density at radius 1 is 1.04 bits per heavy atom. The minimum atomic E-state index is -0.213. The summed E-state index contributed by atoms with van der Waals surface area (Å²) in [5.74, 6) is 1.21. The lowest BCUT2D eigenvalue weighted by atomic mass is 9.88. The van der Waals surface area contributed by atoms with Crippen LogP contribution >= 0.6 is 11.8 Å². The van der Waals surface area contributed by atoms with Gasteiger partial charge >= 0.3 is 0 Å². The van der Waals surface area contributed by atoms with Crippen LogP contribution in [0, 0.1) is 6.92 Å². The van der Waals surface area contributed by atoms with Crippen molar-refractivity contribution in [3.05, 3.63) is 41.2 Å². The van der Waals surface area contributed by atoms with Crippen LogP contribution in [-0.4, -0.2) is 26.4 Å². The average Bonchev–Trinajstić information content (AvgIpc) is 3.08. The summed E-state index contributed by atoms with van der Waals surface area (Å²) in [5, 5.41) is 7.28. The summed E-state index contributed by atoms with van der Waals surface area (Å²) in [6.07, 6.45) is 5.58. The van der Waals surface area contributed by atoms with Crippen LogP contribution in [0.3, 0.4) is 0 Å². The standard InChI is InChI=1S/C21H24N4O2S/c1-13-9-11-17(12-10-13)20-23-25(15(3)27)19-21(28-20)24(14(2)26)18(22-19)16-7-5-4-6-8-16/h9-12,16H,4-8H2,1-3H3. The summed E-state index contributed by atoms with van der Waals surface area (Å²) in [6.45, 7) is 5.06. The monoisotopic (exact) mass is 396 g/mol. The van der Waals surface area contributed by atoms with Gasteiger partial charge in [-0.2, -0.15) is 10.1 Å². The highest BCUT2D eigenvalue weighted by atomic mass is 32.2. The van der Waals surface area contributed by atoms with E-state index in [-0.39, 0.29) is 17.7 Å². The molecule has 2 aromatic rings. The summed E-state index contributed by atoms with van der Waals surface area (Å²) in [5.41, 5.74) is 2.07. The van der Waals surface area contributed by atoms with Gasteiger partial charge in [-0.1, -0.05) is 49.1 Å². The van der Waals surface area contributed by atoms with Gasteiger partial charge in [-0.05, 0) is 31.5 Å². The number of aromatic nitrogens is 2. The van der Waals surface area contributed by atoms with Crippen molar-refractivity contribution >= 4 is 34.4 Å². The molecule has 2 aliphatic rings. The fraction of sp³-hybridized carbons (Fsp3) is 0.429. The zero-order valence-electron chi connectivity index (χ0n) is 16.4. The smallest absolute Gasteiger partial charge is 0.245 e. The molecule has 0 bridgehead atoms. The van der Waals surface area contributed by atoms with E-state index >= 15 is 0 Å². The van der Waals surface area contributed by atoms with Crippen LogP contribution in [0.25, 0.3) is 0 Å². The van der Waals surface area contributed by atoms with Crippen LogP contribution in [-0.2, 0) is 4.79 Å². The number of benzene rings is 1. The summed E-state index contributed by atoms with van der Waals surface area (Å²) >= 11 is 1.41. The highest BCUT2D eigenvalue weighted by Crippen LogP contribution is 2.42. The maximum atomic E-state index is 12.6. The van der Waals surface area contributed by atoms with E-state index in [0.29, 0.717) is 15.9 Å². The van der Waals surface area contributed by atoms with Gasteiger partial charge in [-0.25, -0.2) is 4.98 Å². The molecular weight excluding hydrogens is 372 g/mol. The molecule has 1 fully saturated rings. The van der Waals surface area contributed by atoms with E-state index in [4.69, 9.17) is 4.98 Å². The van der Waals surface area contributed by atoms with E-state index in [0.717, 1.165) is 42.6 Å². The molecule has 146 valence electrons. The first-order valence-corrected chi connectivity index (χ1v) is 10.5. The number of anilines is 1. The predicted molar refractivity (Wildman–Crippen MR) is 111 cm³/mol. The number of fused-ring (bicyclic) bond motifs is 1. The van der Waals surface area contributed by atoms with Gasteiger partial charge in [0.25, 0.3) is 0 Å². The normalized spacial score (nSPS) is 17.2. The van der Waals surface area contributed by atoms with Crippen LogP contribution in [0.5, 0.6) is 0 Å². The molecule has 6 nitrogen and oxygen atoms in total. The number of hydrazone groups is 1. The molecule has 0 unspecified atom stereocenters. The summed E-state index contributed by atoms with van der Waals surface area (Å²) < 4.78 is 1.70. The highest BCUT2D eigenvalue weighted by Gasteiger charge is 2.34. The van der Waals surface area contributed by atoms with Gasteiger partial charge in [0, 0.05) is 25.3 Å². The Labute approximate surface area is 169 Å². The number of nitrogens with zero attached hydrogens (tertiary/aromatic N) is 4. The first kappa shape index (κ1) is 18.9. The average molecular weight is 397 g/mol. The number of hydrogen-bond donors (Lipinski definition) is 0. The lowest BCUT2D eigenvalue weighted by molar-refractivity contribution is -0.116. The minimum absolute atomic E-state index is 0.0736. The van der Waals surface area contributed by atoms with Gasteiger partial charge in [-0.3, -0.25) is 14.2 Å². The molecule has 28 heavy (non-hydrogen) atoms. The van der Waals surface area contributed by atoms with Crippen LogP contribution in [0.4, 0.5) is 5.82 Å². The second-order valence-corrected chi connectivity index (χ2v) is 8.47. The van der Waals surface area contributed by atoms with Crippen molar-refractivity contribution in [1.29, 1.82) is 0 Å². The van der Waals surface area contributed by atoms with E-state index in [9.17, 15) is 9.59 Å². The topological polar surface area (TPSA) is 67.6 Å². The van der Waals surface area contributed by atoms with Crippen LogP contribution in [0.1, 0.15) is 73.6 Å². The molecule has 0 spiro atoms. The predicted octanol–water partition coefficient (Wildman–Crippen LogP) is 4.72. The van der Waals surface area contributed by atoms with Gasteiger partial charge in [-0.15, -0.1) is 0 Å². The van der Waals surface area contributed by atoms with Gasteiger partial charge in [0.1, 0.15) is 15.9 Å². The Morgan fingerprint density at radius 2 is 1.71 bits per heavy atom. The number of amides is 1. The number of carbonyl (C=O) groups is 2. The molecule has 2 heterocycles. The van der Waals surface area contributed by atoms with Crippen molar-refractivity contribution in [3.8, 4) is 0 Å². The largest absolute Gasteiger partial charge is 0.274 e. The van der Waals surface area contributed by atoms with E-state index in [1.165, 1.54) is 30.1 Å². The van der Waals surface area contributed by atoms with E-state index < -0.39 is 0 Å². The van der Waals surface area contributed by atoms with Crippen molar-refractivity contribution < 1.29 is 9.59 Å². The highest BCUT2D eigenvalue weighted by molar-refractivity contribution is 8.14. The molecule has 1 aliphatic heterocycles. The molecule has 1 aliphatic carbocycles. The van der Waals surface area contributed by atoms with Crippen LogP contribution < -0.4 is 5.01 Å². The second kappa shape index (κ2) is 7.54. The lowest BCUT2D eigenvalue weighted by Gasteiger charge is -2.22. The fourth-order valence-corrected chi connectivity index (χ4v) is 4.96. The Bertz CT molecular complexity index is 956. The number of carbonyl (C=O) groups excluding carboxylic acids is 2. The van der Waals surface area contributed by atoms with Gasteiger partial charge in [0.05, 0.1) is 0 Å². The SMILES string of the molecule is CC(=O)N1N=C(c2ccc(C)cc2)Sc2c1nc(C1CCCCC1)n2C(C)=O. The van der Waals surface area contributed by atoms with Crippen molar-refractivity contribution in [1.82, 2.24) is 9.55 Å². The van der Waals surface area contributed by atoms with Crippen LogP contribution in [0.15, 0.2) is 34.4 Å². The zero-order chi connectivity index (χ0) is 19.8. The Kier molecular flexibility index (Phi) is 5.10. The first-order valence-electron chi connectivity index (χ1n) is 9.73. The molecule has 0 saturated heterocycles. The third-order valence-corrected chi connectivity index (χ3v) is 6.38. The molecule has 1 aromatic carbocycles. The number of imidazole rings is 1. The molecule has 1 amide bonds. The molecular formula is C21H24N4O2S.